The topological polar surface area (TPSA) is 81.0 Å². The summed E-state index contributed by atoms with van der Waals surface area (Å²) in [7, 11) is 0. The van der Waals surface area contributed by atoms with Gasteiger partial charge in [-0.2, -0.15) is 0 Å². The number of hydrogen-bond acceptors (Lipinski definition) is 5. The van der Waals surface area contributed by atoms with Crippen molar-refractivity contribution in [1.29, 1.82) is 0 Å². The monoisotopic (exact) mass is 356 g/mol. The molecule has 0 bridgehead atoms. The van der Waals surface area contributed by atoms with Gasteiger partial charge in [-0.1, -0.05) is 0 Å². The van der Waals surface area contributed by atoms with Crippen LogP contribution in [0.3, 0.4) is 0 Å². The largest absolute Gasteiger partial charge is 0.379 e. The van der Waals surface area contributed by atoms with E-state index in [9.17, 15) is 10.1 Å². The lowest BCUT2D eigenvalue weighted by Crippen LogP contribution is -2.02. The summed E-state index contributed by atoms with van der Waals surface area (Å²) in [5, 5.41) is 13.8. The maximum absolute atomic E-state index is 10.7. The van der Waals surface area contributed by atoms with Gasteiger partial charge in [-0.25, -0.2) is 9.97 Å². The van der Waals surface area contributed by atoms with E-state index < -0.39 is 4.92 Å². The predicted octanol–water partition coefficient (Wildman–Crippen LogP) is 2.60. The first kappa shape index (κ1) is 12.7. The lowest BCUT2D eigenvalue weighted by Gasteiger charge is -2.06. The molecule has 6 nitrogen and oxygen atoms in total. The predicted molar refractivity (Wildman–Crippen MR) is 75.2 cm³/mol. The Bertz CT molecular complexity index is 562. The molecule has 0 aliphatic carbocycles. The number of anilines is 1. The molecule has 0 fully saturated rings. The number of nitrogens with zero attached hydrogens (tertiary/aromatic N) is 3. The molecule has 0 spiro atoms. The third-order valence-corrected chi connectivity index (χ3v) is 3.13. The number of nitro benzene ring substituents is 1. The molecule has 7 heteroatoms. The number of hydrogen-bond donors (Lipinski definition) is 1. The number of benzene rings is 1. The van der Waals surface area contributed by atoms with Crippen LogP contribution >= 0.6 is 22.6 Å². The standard InChI is InChI=1S/C11H9IN4O2/c12-10-5-8(1-2-11(10)16(17)18)14-6-9-3-4-13-7-15-9/h1-5,7,14H,6H2. The van der Waals surface area contributed by atoms with E-state index in [1.165, 1.54) is 12.4 Å². The number of nitrogens with one attached hydrogen (secondary N) is 1. The molecule has 2 aromatic rings. The molecule has 0 saturated carbocycles. The Hall–Kier alpha value is -1.77. The minimum absolute atomic E-state index is 0.114. The van der Waals surface area contributed by atoms with E-state index >= 15 is 0 Å². The minimum Gasteiger partial charge on any atom is -0.379 e. The Balaban J connectivity index is 2.07. The summed E-state index contributed by atoms with van der Waals surface area (Å²) in [6.45, 7) is 0.552. The van der Waals surface area contributed by atoms with Crippen LogP contribution < -0.4 is 5.32 Å². The van der Waals surface area contributed by atoms with Gasteiger partial charge in [-0.15, -0.1) is 0 Å². The molecular weight excluding hydrogens is 347 g/mol. The zero-order valence-electron chi connectivity index (χ0n) is 9.21. The summed E-state index contributed by atoms with van der Waals surface area (Å²) >= 11 is 1.95. The molecule has 1 heterocycles. The highest BCUT2D eigenvalue weighted by Gasteiger charge is 2.11. The van der Waals surface area contributed by atoms with E-state index in [1.807, 2.05) is 28.7 Å². The summed E-state index contributed by atoms with van der Waals surface area (Å²) in [5.74, 6) is 0. The molecule has 0 unspecified atom stereocenters. The third-order valence-electron chi connectivity index (χ3n) is 2.26. The van der Waals surface area contributed by atoms with Crippen molar-refractivity contribution in [3.63, 3.8) is 0 Å². The second kappa shape index (κ2) is 5.71. The molecule has 0 amide bonds. The molecule has 0 aliphatic heterocycles. The average molecular weight is 356 g/mol. The zero-order chi connectivity index (χ0) is 13.0. The molecule has 18 heavy (non-hydrogen) atoms. The summed E-state index contributed by atoms with van der Waals surface area (Å²) < 4.78 is 0.602. The van der Waals surface area contributed by atoms with Gasteiger partial charge in [0.15, 0.2) is 0 Å². The van der Waals surface area contributed by atoms with Crippen molar-refractivity contribution < 1.29 is 4.92 Å². The van der Waals surface area contributed by atoms with Crippen LogP contribution in [-0.2, 0) is 6.54 Å². The van der Waals surface area contributed by atoms with Crippen molar-refractivity contribution in [3.05, 3.63) is 56.2 Å². The minimum atomic E-state index is -0.393. The van der Waals surface area contributed by atoms with Crippen LogP contribution in [0.2, 0.25) is 0 Å². The van der Waals surface area contributed by atoms with Crippen molar-refractivity contribution >= 4 is 34.0 Å². The van der Waals surface area contributed by atoms with Crippen molar-refractivity contribution in [2.75, 3.05) is 5.32 Å². The third kappa shape index (κ3) is 3.13. The molecule has 1 aromatic carbocycles. The molecule has 92 valence electrons. The normalized spacial score (nSPS) is 10.1. The average Bonchev–Trinajstić information content (AvgIpc) is 2.37. The fraction of sp³-hybridized carbons (Fsp3) is 0.0909. The van der Waals surface area contributed by atoms with E-state index in [0.29, 0.717) is 10.1 Å². The number of aromatic nitrogens is 2. The Kier molecular flexibility index (Phi) is 4.03. The molecule has 1 N–H and O–H groups in total. The van der Waals surface area contributed by atoms with Crippen LogP contribution in [-0.4, -0.2) is 14.9 Å². The van der Waals surface area contributed by atoms with Gasteiger partial charge in [-0.05, 0) is 40.8 Å². The smallest absolute Gasteiger partial charge is 0.282 e. The van der Waals surface area contributed by atoms with E-state index in [1.54, 1.807) is 18.3 Å². The van der Waals surface area contributed by atoms with Gasteiger partial charge in [0.05, 0.1) is 20.7 Å². The summed E-state index contributed by atoms with van der Waals surface area (Å²) in [6, 6.07) is 6.72. The van der Waals surface area contributed by atoms with Gasteiger partial charge in [0.1, 0.15) is 6.33 Å². The quantitative estimate of drug-likeness (QED) is 0.518. The van der Waals surface area contributed by atoms with Crippen LogP contribution in [0, 0.1) is 13.7 Å². The van der Waals surface area contributed by atoms with Crippen LogP contribution in [0.4, 0.5) is 11.4 Å². The summed E-state index contributed by atoms with van der Waals surface area (Å²) in [5.41, 5.74) is 1.80. The molecular formula is C11H9IN4O2. The first-order valence-electron chi connectivity index (χ1n) is 5.09. The van der Waals surface area contributed by atoms with Gasteiger partial charge in [-0.3, -0.25) is 10.1 Å². The highest BCUT2D eigenvalue weighted by Crippen LogP contribution is 2.24. The Morgan fingerprint density at radius 3 is 2.83 bits per heavy atom. The second-order valence-corrected chi connectivity index (χ2v) is 4.64. The zero-order valence-corrected chi connectivity index (χ0v) is 11.4. The fourth-order valence-electron chi connectivity index (χ4n) is 1.38. The molecule has 0 atom stereocenters. The van der Waals surface area contributed by atoms with Gasteiger partial charge in [0.25, 0.3) is 5.69 Å². The summed E-state index contributed by atoms with van der Waals surface area (Å²) in [6.07, 6.45) is 3.15. The van der Waals surface area contributed by atoms with Gasteiger partial charge < -0.3 is 5.32 Å². The number of rotatable bonds is 4. The fourth-order valence-corrected chi connectivity index (χ4v) is 2.09. The van der Waals surface area contributed by atoms with Crippen LogP contribution in [0.15, 0.2) is 36.8 Å². The highest BCUT2D eigenvalue weighted by molar-refractivity contribution is 14.1. The Labute approximate surface area is 117 Å². The summed E-state index contributed by atoms with van der Waals surface area (Å²) in [4.78, 5) is 18.2. The number of nitro groups is 1. The van der Waals surface area contributed by atoms with Crippen LogP contribution in [0.1, 0.15) is 5.69 Å². The van der Waals surface area contributed by atoms with Crippen LogP contribution in [0.5, 0.6) is 0 Å². The lowest BCUT2D eigenvalue weighted by atomic mass is 10.3. The van der Waals surface area contributed by atoms with Crippen molar-refractivity contribution in [3.8, 4) is 0 Å². The van der Waals surface area contributed by atoms with E-state index in [2.05, 4.69) is 15.3 Å². The van der Waals surface area contributed by atoms with Crippen molar-refractivity contribution in [1.82, 2.24) is 9.97 Å². The van der Waals surface area contributed by atoms with Crippen molar-refractivity contribution in [2.24, 2.45) is 0 Å². The first-order chi connectivity index (χ1) is 8.66. The molecule has 2 rings (SSSR count). The Morgan fingerprint density at radius 2 is 2.22 bits per heavy atom. The molecule has 0 saturated heterocycles. The lowest BCUT2D eigenvalue weighted by molar-refractivity contribution is -0.385. The van der Waals surface area contributed by atoms with Gasteiger partial charge >= 0.3 is 0 Å². The van der Waals surface area contributed by atoms with Crippen LogP contribution in [0.25, 0.3) is 0 Å². The molecule has 1 aromatic heterocycles. The van der Waals surface area contributed by atoms with Gasteiger partial charge in [0, 0.05) is 18.0 Å². The SMILES string of the molecule is O=[N+]([O-])c1ccc(NCc2ccncn2)cc1I. The maximum Gasteiger partial charge on any atom is 0.282 e. The second-order valence-electron chi connectivity index (χ2n) is 3.48. The van der Waals surface area contributed by atoms with Crippen molar-refractivity contribution in [2.45, 2.75) is 6.54 Å². The maximum atomic E-state index is 10.7. The van der Waals surface area contributed by atoms with Gasteiger partial charge in [0.2, 0.25) is 0 Å². The van der Waals surface area contributed by atoms with E-state index in [4.69, 9.17) is 0 Å². The highest BCUT2D eigenvalue weighted by atomic mass is 127. The number of halogens is 1. The molecule has 0 aliphatic rings. The first-order valence-corrected chi connectivity index (χ1v) is 6.17. The van der Waals surface area contributed by atoms with E-state index in [0.717, 1.165) is 11.4 Å². The molecule has 0 radical (unpaired) electrons. The Morgan fingerprint density at radius 1 is 1.39 bits per heavy atom. The van der Waals surface area contributed by atoms with E-state index in [-0.39, 0.29) is 5.69 Å².